The first-order valence-electron chi connectivity index (χ1n) is 6.33. The molecule has 1 saturated heterocycles. The lowest BCUT2D eigenvalue weighted by atomic mass is 9.98. The van der Waals surface area contributed by atoms with E-state index in [2.05, 4.69) is 24.3 Å². The second-order valence-electron chi connectivity index (χ2n) is 5.35. The first kappa shape index (κ1) is 11.9. The van der Waals surface area contributed by atoms with Gasteiger partial charge in [0.2, 0.25) is 5.91 Å². The Morgan fingerprint density at radius 3 is 2.69 bits per heavy atom. The zero-order chi connectivity index (χ0) is 11.6. The third-order valence-corrected chi connectivity index (χ3v) is 3.80. The Morgan fingerprint density at radius 1 is 1.38 bits per heavy atom. The summed E-state index contributed by atoms with van der Waals surface area (Å²) in [7, 11) is 4.14. The molecule has 4 nitrogen and oxygen atoms in total. The quantitative estimate of drug-likeness (QED) is 0.762. The standard InChI is InChI=1S/C12H23N3O/c1-14(2)8-5-9-15-10-13-12(11(15)16)6-3-4-7-12/h13H,3-10H2,1-2H3. The number of carbonyl (C=O) groups is 1. The molecule has 92 valence electrons. The van der Waals surface area contributed by atoms with Crippen LogP contribution in [-0.2, 0) is 4.79 Å². The molecule has 1 heterocycles. The third kappa shape index (κ3) is 2.23. The number of nitrogens with one attached hydrogen (secondary N) is 1. The van der Waals surface area contributed by atoms with Crippen LogP contribution in [0, 0.1) is 0 Å². The summed E-state index contributed by atoms with van der Waals surface area (Å²) in [5.41, 5.74) is -0.169. The van der Waals surface area contributed by atoms with Gasteiger partial charge in [-0.3, -0.25) is 10.1 Å². The highest BCUT2D eigenvalue weighted by molar-refractivity contribution is 5.88. The highest BCUT2D eigenvalue weighted by atomic mass is 16.2. The normalized spacial score (nSPS) is 23.9. The maximum absolute atomic E-state index is 12.3. The molecule has 1 aliphatic heterocycles. The van der Waals surface area contributed by atoms with E-state index in [-0.39, 0.29) is 5.54 Å². The van der Waals surface area contributed by atoms with Crippen LogP contribution in [0.3, 0.4) is 0 Å². The molecular weight excluding hydrogens is 202 g/mol. The predicted octanol–water partition coefficient (Wildman–Crippen LogP) is 0.640. The highest BCUT2D eigenvalue weighted by Gasteiger charge is 2.47. The van der Waals surface area contributed by atoms with Gasteiger partial charge < -0.3 is 9.80 Å². The van der Waals surface area contributed by atoms with E-state index in [1.54, 1.807) is 0 Å². The molecule has 2 fully saturated rings. The molecule has 0 radical (unpaired) electrons. The van der Waals surface area contributed by atoms with Crippen LogP contribution in [0.1, 0.15) is 32.1 Å². The van der Waals surface area contributed by atoms with Crippen molar-refractivity contribution in [2.45, 2.75) is 37.6 Å². The van der Waals surface area contributed by atoms with Gasteiger partial charge in [-0.1, -0.05) is 12.8 Å². The van der Waals surface area contributed by atoms with Crippen LogP contribution in [0.25, 0.3) is 0 Å². The average Bonchev–Trinajstić information content (AvgIpc) is 2.81. The van der Waals surface area contributed by atoms with Crippen molar-refractivity contribution in [3.63, 3.8) is 0 Å². The molecule has 0 aromatic rings. The Kier molecular flexibility index (Phi) is 3.50. The van der Waals surface area contributed by atoms with Gasteiger partial charge in [-0.15, -0.1) is 0 Å². The van der Waals surface area contributed by atoms with Crippen LogP contribution in [0.15, 0.2) is 0 Å². The van der Waals surface area contributed by atoms with Crippen LogP contribution in [-0.4, -0.2) is 55.1 Å². The van der Waals surface area contributed by atoms with Gasteiger partial charge in [-0.25, -0.2) is 0 Å². The third-order valence-electron chi connectivity index (χ3n) is 3.80. The van der Waals surface area contributed by atoms with E-state index >= 15 is 0 Å². The number of rotatable bonds is 4. The molecule has 2 rings (SSSR count). The Morgan fingerprint density at radius 2 is 2.06 bits per heavy atom. The summed E-state index contributed by atoms with van der Waals surface area (Å²) in [4.78, 5) is 16.4. The van der Waals surface area contributed by atoms with E-state index in [0.29, 0.717) is 5.91 Å². The molecule has 0 unspecified atom stereocenters. The van der Waals surface area contributed by atoms with Gasteiger partial charge >= 0.3 is 0 Å². The van der Waals surface area contributed by atoms with Gasteiger partial charge in [0.05, 0.1) is 12.2 Å². The molecule has 0 aromatic carbocycles. The molecule has 1 aliphatic carbocycles. The summed E-state index contributed by atoms with van der Waals surface area (Å²) in [5.74, 6) is 0.351. The second kappa shape index (κ2) is 4.72. The Hall–Kier alpha value is -0.610. The Balaban J connectivity index is 1.82. The molecule has 0 atom stereocenters. The lowest BCUT2D eigenvalue weighted by Crippen LogP contribution is -2.44. The monoisotopic (exact) mass is 225 g/mol. The minimum Gasteiger partial charge on any atom is -0.328 e. The topological polar surface area (TPSA) is 35.6 Å². The van der Waals surface area contributed by atoms with E-state index in [0.717, 1.165) is 39.0 Å². The smallest absolute Gasteiger partial charge is 0.243 e. The van der Waals surface area contributed by atoms with Crippen molar-refractivity contribution in [2.24, 2.45) is 0 Å². The van der Waals surface area contributed by atoms with Gasteiger partial charge in [-0.2, -0.15) is 0 Å². The van der Waals surface area contributed by atoms with E-state index in [9.17, 15) is 4.79 Å². The fourth-order valence-corrected chi connectivity index (χ4v) is 2.82. The molecule has 0 aromatic heterocycles. The Labute approximate surface area is 98.0 Å². The predicted molar refractivity (Wildman–Crippen MR) is 64.1 cm³/mol. The SMILES string of the molecule is CN(C)CCCN1CNC2(CCCC2)C1=O. The zero-order valence-corrected chi connectivity index (χ0v) is 10.5. The fourth-order valence-electron chi connectivity index (χ4n) is 2.82. The molecule has 4 heteroatoms. The van der Waals surface area contributed by atoms with Crippen molar-refractivity contribution < 1.29 is 4.79 Å². The Bertz CT molecular complexity index is 259. The fraction of sp³-hybridized carbons (Fsp3) is 0.917. The van der Waals surface area contributed by atoms with Crippen molar-refractivity contribution in [2.75, 3.05) is 33.9 Å². The van der Waals surface area contributed by atoms with E-state index < -0.39 is 0 Å². The lowest BCUT2D eigenvalue weighted by Gasteiger charge is -2.22. The maximum atomic E-state index is 12.3. The molecule has 1 N–H and O–H groups in total. The van der Waals surface area contributed by atoms with Crippen LogP contribution >= 0.6 is 0 Å². The second-order valence-corrected chi connectivity index (χ2v) is 5.35. The molecule has 1 spiro atoms. The van der Waals surface area contributed by atoms with Gasteiger partial charge in [-0.05, 0) is 39.9 Å². The van der Waals surface area contributed by atoms with Crippen molar-refractivity contribution in [3.8, 4) is 0 Å². The lowest BCUT2D eigenvalue weighted by molar-refractivity contribution is -0.132. The molecule has 1 amide bonds. The molecule has 16 heavy (non-hydrogen) atoms. The number of carbonyl (C=O) groups excluding carboxylic acids is 1. The number of hydrogen-bond acceptors (Lipinski definition) is 3. The molecule has 0 bridgehead atoms. The summed E-state index contributed by atoms with van der Waals surface area (Å²) in [6.45, 7) is 2.70. The van der Waals surface area contributed by atoms with Crippen LogP contribution in [0.4, 0.5) is 0 Å². The van der Waals surface area contributed by atoms with Crippen molar-refractivity contribution in [1.82, 2.24) is 15.1 Å². The van der Waals surface area contributed by atoms with Crippen LogP contribution < -0.4 is 5.32 Å². The minimum absolute atomic E-state index is 0.169. The molecular formula is C12H23N3O. The summed E-state index contributed by atoms with van der Waals surface area (Å²) in [5, 5.41) is 3.43. The van der Waals surface area contributed by atoms with Crippen LogP contribution in [0.2, 0.25) is 0 Å². The number of amides is 1. The summed E-state index contributed by atoms with van der Waals surface area (Å²) in [6.07, 6.45) is 5.54. The summed E-state index contributed by atoms with van der Waals surface area (Å²) >= 11 is 0. The van der Waals surface area contributed by atoms with Crippen molar-refractivity contribution >= 4 is 5.91 Å². The molecule has 2 aliphatic rings. The van der Waals surface area contributed by atoms with Gasteiger partial charge in [0.1, 0.15) is 0 Å². The largest absolute Gasteiger partial charge is 0.328 e. The molecule has 1 saturated carbocycles. The van der Waals surface area contributed by atoms with Gasteiger partial charge in [0.25, 0.3) is 0 Å². The summed E-state index contributed by atoms with van der Waals surface area (Å²) in [6, 6.07) is 0. The van der Waals surface area contributed by atoms with Crippen molar-refractivity contribution in [3.05, 3.63) is 0 Å². The maximum Gasteiger partial charge on any atom is 0.243 e. The first-order valence-corrected chi connectivity index (χ1v) is 6.33. The highest BCUT2D eigenvalue weighted by Crippen LogP contribution is 2.34. The minimum atomic E-state index is -0.169. The van der Waals surface area contributed by atoms with Gasteiger partial charge in [0.15, 0.2) is 0 Å². The first-order chi connectivity index (χ1) is 7.64. The van der Waals surface area contributed by atoms with E-state index in [1.165, 1.54) is 12.8 Å². The van der Waals surface area contributed by atoms with Crippen LogP contribution in [0.5, 0.6) is 0 Å². The number of hydrogen-bond donors (Lipinski definition) is 1. The van der Waals surface area contributed by atoms with E-state index in [4.69, 9.17) is 0 Å². The van der Waals surface area contributed by atoms with Crippen molar-refractivity contribution in [1.29, 1.82) is 0 Å². The van der Waals surface area contributed by atoms with E-state index in [1.807, 2.05) is 4.90 Å². The van der Waals surface area contributed by atoms with Gasteiger partial charge in [0, 0.05) is 6.54 Å². The number of nitrogens with zero attached hydrogens (tertiary/aromatic N) is 2. The average molecular weight is 225 g/mol. The zero-order valence-electron chi connectivity index (χ0n) is 10.5. The summed E-state index contributed by atoms with van der Waals surface area (Å²) < 4.78 is 0.